The molecule has 2 aromatic carbocycles. The number of benzene rings is 2. The van der Waals surface area contributed by atoms with Gasteiger partial charge in [0.1, 0.15) is 6.61 Å². The second-order valence-corrected chi connectivity index (χ2v) is 4.99. The number of methoxy groups -OCH3 is 1. The van der Waals surface area contributed by atoms with Crippen molar-refractivity contribution < 1.29 is 18.7 Å². The maximum Gasteiger partial charge on any atom is 0.359 e. The largest absolute Gasteiger partial charge is 0.494 e. The number of rotatable bonds is 4. The van der Waals surface area contributed by atoms with E-state index in [0.29, 0.717) is 16.3 Å². The number of H-pyrrole nitrogens is 1. The van der Waals surface area contributed by atoms with Crippen LogP contribution in [-0.4, -0.2) is 23.3 Å². The van der Waals surface area contributed by atoms with Crippen molar-refractivity contribution in [1.29, 1.82) is 0 Å². The van der Waals surface area contributed by atoms with Gasteiger partial charge in [0.05, 0.1) is 12.5 Å². The normalized spacial score (nSPS) is 10.6. The molecule has 122 valence electrons. The number of nitrogens with one attached hydrogen (secondary N) is 1. The Balaban J connectivity index is 1.82. The molecule has 0 aliphatic carbocycles. The van der Waals surface area contributed by atoms with E-state index in [1.807, 2.05) is 0 Å². The van der Waals surface area contributed by atoms with Gasteiger partial charge < -0.3 is 9.47 Å². The van der Waals surface area contributed by atoms with Gasteiger partial charge in [-0.15, -0.1) is 0 Å². The summed E-state index contributed by atoms with van der Waals surface area (Å²) in [4.78, 5) is 23.9. The highest BCUT2D eigenvalue weighted by molar-refractivity contribution is 6.01. The number of hydrogen-bond acceptors (Lipinski definition) is 5. The molecular formula is C17H13FN2O4. The fraction of sp³-hybridized carbons (Fsp3) is 0.118. The predicted molar refractivity (Wildman–Crippen MR) is 84.4 cm³/mol. The lowest BCUT2D eigenvalue weighted by molar-refractivity contribution is 0.0466. The molecule has 0 aliphatic heterocycles. The van der Waals surface area contributed by atoms with Gasteiger partial charge in [0, 0.05) is 5.39 Å². The Hall–Kier alpha value is -3.22. The van der Waals surface area contributed by atoms with E-state index in [0.717, 1.165) is 0 Å². The third-order valence-corrected chi connectivity index (χ3v) is 3.48. The highest BCUT2D eigenvalue weighted by atomic mass is 19.1. The molecule has 0 fully saturated rings. The highest BCUT2D eigenvalue weighted by Crippen LogP contribution is 2.19. The van der Waals surface area contributed by atoms with Crippen LogP contribution in [0.1, 0.15) is 16.1 Å². The van der Waals surface area contributed by atoms with Crippen molar-refractivity contribution in [3.63, 3.8) is 0 Å². The summed E-state index contributed by atoms with van der Waals surface area (Å²) in [5.41, 5.74) is 0.0777. The van der Waals surface area contributed by atoms with Gasteiger partial charge in [-0.2, -0.15) is 5.10 Å². The first kappa shape index (κ1) is 15.7. The van der Waals surface area contributed by atoms with Crippen molar-refractivity contribution in [1.82, 2.24) is 10.2 Å². The van der Waals surface area contributed by atoms with Crippen molar-refractivity contribution in [3.05, 3.63) is 69.9 Å². The van der Waals surface area contributed by atoms with Crippen LogP contribution in [-0.2, 0) is 11.3 Å². The molecule has 0 saturated heterocycles. The highest BCUT2D eigenvalue weighted by Gasteiger charge is 2.15. The second-order valence-electron chi connectivity index (χ2n) is 4.99. The summed E-state index contributed by atoms with van der Waals surface area (Å²) in [6, 6.07) is 10.9. The van der Waals surface area contributed by atoms with Crippen LogP contribution < -0.4 is 10.3 Å². The van der Waals surface area contributed by atoms with Gasteiger partial charge in [-0.3, -0.25) is 4.79 Å². The summed E-state index contributed by atoms with van der Waals surface area (Å²) in [7, 11) is 1.37. The van der Waals surface area contributed by atoms with E-state index >= 15 is 0 Å². The molecule has 0 spiro atoms. The van der Waals surface area contributed by atoms with Gasteiger partial charge in [-0.1, -0.05) is 24.3 Å². The van der Waals surface area contributed by atoms with Gasteiger partial charge in [0.2, 0.25) is 0 Å². The molecule has 0 aliphatic rings. The monoisotopic (exact) mass is 328 g/mol. The zero-order chi connectivity index (χ0) is 17.1. The molecule has 1 aromatic heterocycles. The molecular weight excluding hydrogens is 315 g/mol. The molecule has 24 heavy (non-hydrogen) atoms. The minimum Gasteiger partial charge on any atom is -0.494 e. The van der Waals surface area contributed by atoms with Gasteiger partial charge in [0.25, 0.3) is 5.56 Å². The van der Waals surface area contributed by atoms with E-state index in [9.17, 15) is 14.0 Å². The summed E-state index contributed by atoms with van der Waals surface area (Å²) in [5.74, 6) is -1.14. The molecule has 3 rings (SSSR count). The summed E-state index contributed by atoms with van der Waals surface area (Å²) in [6.45, 7) is -0.130. The molecule has 1 N–H and O–H groups in total. The lowest BCUT2D eigenvalue weighted by Gasteiger charge is -2.07. The van der Waals surface area contributed by atoms with Crippen LogP contribution >= 0.6 is 0 Å². The number of carbonyl (C=O) groups excluding carboxylic acids is 1. The summed E-state index contributed by atoms with van der Waals surface area (Å²) in [5, 5.41) is 6.76. The number of carbonyl (C=O) groups is 1. The summed E-state index contributed by atoms with van der Waals surface area (Å²) in [6.07, 6.45) is 0. The SMILES string of the molecule is COc1ccc(COC(=O)c2n[nH]c(=O)c3ccccc23)cc1F. The van der Waals surface area contributed by atoms with Crippen molar-refractivity contribution >= 4 is 16.7 Å². The molecule has 7 heteroatoms. The lowest BCUT2D eigenvalue weighted by atomic mass is 10.1. The fourth-order valence-corrected chi connectivity index (χ4v) is 2.29. The van der Waals surface area contributed by atoms with Gasteiger partial charge in [-0.25, -0.2) is 14.3 Å². The molecule has 0 amide bonds. The van der Waals surface area contributed by atoms with Crippen molar-refractivity contribution in [3.8, 4) is 5.75 Å². The quantitative estimate of drug-likeness (QED) is 0.744. The van der Waals surface area contributed by atoms with E-state index in [2.05, 4.69) is 10.2 Å². The third-order valence-electron chi connectivity index (χ3n) is 3.48. The Bertz CT molecular complexity index is 968. The van der Waals surface area contributed by atoms with E-state index in [1.54, 1.807) is 30.3 Å². The summed E-state index contributed by atoms with van der Waals surface area (Å²) >= 11 is 0. The number of hydrogen-bond donors (Lipinski definition) is 1. The number of aromatic nitrogens is 2. The number of halogens is 1. The predicted octanol–water partition coefficient (Wildman–Crippen LogP) is 2.43. The molecule has 0 saturated carbocycles. The van der Waals surface area contributed by atoms with Crippen molar-refractivity contribution in [2.45, 2.75) is 6.61 Å². The van der Waals surface area contributed by atoms with Crippen LogP contribution in [0.25, 0.3) is 10.8 Å². The van der Waals surface area contributed by atoms with Crippen LogP contribution in [0, 0.1) is 5.82 Å². The number of aromatic amines is 1. The smallest absolute Gasteiger partial charge is 0.359 e. The van der Waals surface area contributed by atoms with Gasteiger partial charge >= 0.3 is 5.97 Å². The molecule has 0 radical (unpaired) electrons. The lowest BCUT2D eigenvalue weighted by Crippen LogP contribution is -2.16. The van der Waals surface area contributed by atoms with E-state index < -0.39 is 11.8 Å². The number of nitrogens with zero attached hydrogens (tertiary/aromatic N) is 1. The minimum absolute atomic E-state index is 0.000756. The maximum atomic E-state index is 13.6. The Labute approximate surface area is 135 Å². The van der Waals surface area contributed by atoms with Crippen LogP contribution in [0.2, 0.25) is 0 Å². The van der Waals surface area contributed by atoms with Crippen LogP contribution in [0.4, 0.5) is 4.39 Å². The zero-order valence-electron chi connectivity index (χ0n) is 12.7. The third kappa shape index (κ3) is 2.96. The molecule has 0 atom stereocenters. The number of esters is 1. The first-order valence-electron chi connectivity index (χ1n) is 7.07. The topological polar surface area (TPSA) is 81.3 Å². The first-order chi connectivity index (χ1) is 11.6. The van der Waals surface area contributed by atoms with E-state index in [4.69, 9.17) is 9.47 Å². The molecule has 3 aromatic rings. The van der Waals surface area contributed by atoms with Crippen molar-refractivity contribution in [2.24, 2.45) is 0 Å². The first-order valence-corrected chi connectivity index (χ1v) is 7.07. The second kappa shape index (κ2) is 6.49. The van der Waals surface area contributed by atoms with E-state index in [-0.39, 0.29) is 23.6 Å². The Morgan fingerprint density at radius 3 is 2.67 bits per heavy atom. The van der Waals surface area contributed by atoms with Gasteiger partial charge in [0.15, 0.2) is 17.3 Å². The minimum atomic E-state index is -0.710. The molecule has 6 nitrogen and oxygen atoms in total. The number of ether oxygens (including phenoxy) is 2. The van der Waals surface area contributed by atoms with Crippen LogP contribution in [0.15, 0.2) is 47.3 Å². The zero-order valence-corrected chi connectivity index (χ0v) is 12.7. The Morgan fingerprint density at radius 1 is 1.21 bits per heavy atom. The van der Waals surface area contributed by atoms with Crippen molar-refractivity contribution in [2.75, 3.05) is 7.11 Å². The average molecular weight is 328 g/mol. The average Bonchev–Trinajstić information content (AvgIpc) is 2.60. The van der Waals surface area contributed by atoms with Crippen LogP contribution in [0.5, 0.6) is 5.75 Å². The van der Waals surface area contributed by atoms with E-state index in [1.165, 1.54) is 19.2 Å². The van der Waals surface area contributed by atoms with Gasteiger partial charge in [-0.05, 0) is 23.8 Å². The molecule has 0 bridgehead atoms. The Morgan fingerprint density at radius 2 is 1.96 bits per heavy atom. The fourth-order valence-electron chi connectivity index (χ4n) is 2.29. The Kier molecular flexibility index (Phi) is 4.24. The molecule has 0 unspecified atom stereocenters. The van der Waals surface area contributed by atoms with Crippen LogP contribution in [0.3, 0.4) is 0 Å². The molecule has 1 heterocycles. The standard InChI is InChI=1S/C17H13FN2O4/c1-23-14-7-6-10(8-13(14)18)9-24-17(22)15-11-4-2-3-5-12(11)16(21)20-19-15/h2-8H,9H2,1H3,(H,20,21). The maximum absolute atomic E-state index is 13.6. The summed E-state index contributed by atoms with van der Waals surface area (Å²) < 4.78 is 23.6. The number of fused-ring (bicyclic) bond motifs is 1.